The lowest BCUT2D eigenvalue weighted by molar-refractivity contribution is -0.138. The maximum atomic E-state index is 10.8. The monoisotopic (exact) mass is 224 g/mol. The topological polar surface area (TPSA) is 54.4 Å². The Morgan fingerprint density at radius 3 is 2.67 bits per heavy atom. The molecule has 1 atom stereocenters. The van der Waals surface area contributed by atoms with Crippen molar-refractivity contribution in [2.45, 2.75) is 19.3 Å². The van der Waals surface area contributed by atoms with Crippen LogP contribution in [0.4, 0.5) is 0 Å². The van der Waals surface area contributed by atoms with Gasteiger partial charge in [-0.1, -0.05) is 24.3 Å². The molecule has 0 aliphatic heterocycles. The number of thiol groups is 1. The number of carboxylic acids is 1. The van der Waals surface area contributed by atoms with E-state index >= 15 is 0 Å². The molecule has 1 N–H and O–H groups in total. The van der Waals surface area contributed by atoms with E-state index in [-0.39, 0.29) is 11.5 Å². The minimum atomic E-state index is -0.871. The van der Waals surface area contributed by atoms with Crippen molar-refractivity contribution in [2.24, 2.45) is 0 Å². The molecule has 0 aliphatic carbocycles. The van der Waals surface area contributed by atoms with Crippen LogP contribution in [0, 0.1) is 0 Å². The molecule has 1 rings (SSSR count). The molecule has 3 nitrogen and oxygen atoms in total. The summed E-state index contributed by atoms with van der Waals surface area (Å²) in [5.74, 6) is -1.43. The first-order chi connectivity index (χ1) is 7.00. The summed E-state index contributed by atoms with van der Waals surface area (Å²) in [5.41, 5.74) is 1.50. The zero-order valence-corrected chi connectivity index (χ0v) is 9.20. The minimum Gasteiger partial charge on any atom is -0.481 e. The Balaban J connectivity index is 2.92. The summed E-state index contributed by atoms with van der Waals surface area (Å²) in [5, 5.41) is 8.60. The summed E-state index contributed by atoms with van der Waals surface area (Å²) in [6, 6.07) is 7.01. The highest BCUT2D eigenvalue weighted by atomic mass is 32.1. The molecule has 0 heterocycles. The number of carboxylic acid groups (broad SMARTS) is 1. The number of carbonyl (C=O) groups excluding carboxylic acids is 1. The SMILES string of the molecule is CC(C(=O)O)c1cccc(CC(=O)S)c1. The molecule has 0 saturated carbocycles. The standard InChI is InChI=1S/C11H12O3S/c1-7(11(13)14)9-4-2-3-8(5-9)6-10(12)15/h2-5,7H,6H2,1H3,(H,12,15)(H,13,14). The molecule has 0 aromatic heterocycles. The number of carbonyl (C=O) groups is 2. The average molecular weight is 224 g/mol. The molecule has 0 fully saturated rings. The number of rotatable bonds is 4. The van der Waals surface area contributed by atoms with Gasteiger partial charge < -0.3 is 5.11 Å². The van der Waals surface area contributed by atoms with Gasteiger partial charge in [-0.25, -0.2) is 0 Å². The Bertz CT molecular complexity index is 387. The molecular weight excluding hydrogens is 212 g/mol. The molecule has 0 aliphatic rings. The zero-order chi connectivity index (χ0) is 11.4. The van der Waals surface area contributed by atoms with Gasteiger partial charge in [-0.05, 0) is 18.1 Å². The van der Waals surface area contributed by atoms with Crippen LogP contribution >= 0.6 is 12.6 Å². The van der Waals surface area contributed by atoms with Gasteiger partial charge in [0.2, 0.25) is 0 Å². The smallest absolute Gasteiger partial charge is 0.310 e. The van der Waals surface area contributed by atoms with Gasteiger partial charge in [-0.3, -0.25) is 9.59 Å². The lowest BCUT2D eigenvalue weighted by Crippen LogP contribution is -2.07. The minimum absolute atomic E-state index is 0.225. The summed E-state index contributed by atoms with van der Waals surface area (Å²) in [6.45, 7) is 1.62. The predicted octanol–water partition coefficient (Wildman–Crippen LogP) is 1.87. The second kappa shape index (κ2) is 4.98. The van der Waals surface area contributed by atoms with Gasteiger partial charge in [0.25, 0.3) is 0 Å². The Morgan fingerprint density at radius 2 is 2.13 bits per heavy atom. The third kappa shape index (κ3) is 3.40. The van der Waals surface area contributed by atoms with Crippen LogP contribution in [0.25, 0.3) is 0 Å². The van der Waals surface area contributed by atoms with Crippen LogP contribution in [0.5, 0.6) is 0 Å². The number of benzene rings is 1. The third-order valence-corrected chi connectivity index (χ3v) is 2.33. The fraction of sp³-hybridized carbons (Fsp3) is 0.273. The quantitative estimate of drug-likeness (QED) is 0.768. The van der Waals surface area contributed by atoms with E-state index in [9.17, 15) is 9.59 Å². The highest BCUT2D eigenvalue weighted by Gasteiger charge is 2.13. The molecule has 0 amide bonds. The van der Waals surface area contributed by atoms with E-state index in [1.54, 1.807) is 31.2 Å². The van der Waals surface area contributed by atoms with Gasteiger partial charge in [0, 0.05) is 6.42 Å². The van der Waals surface area contributed by atoms with Crippen molar-refractivity contribution in [3.05, 3.63) is 35.4 Å². The fourth-order valence-electron chi connectivity index (χ4n) is 1.29. The first-order valence-corrected chi connectivity index (χ1v) is 4.99. The summed E-state index contributed by atoms with van der Waals surface area (Å²) in [4.78, 5) is 21.5. The lowest BCUT2D eigenvalue weighted by atomic mass is 9.98. The predicted molar refractivity (Wildman–Crippen MR) is 60.2 cm³/mol. The summed E-state index contributed by atoms with van der Waals surface area (Å²) in [6.07, 6.45) is 0.225. The normalized spacial score (nSPS) is 12.1. The summed E-state index contributed by atoms with van der Waals surface area (Å²) in [7, 11) is 0. The van der Waals surface area contributed by atoms with Crippen LogP contribution in [0.3, 0.4) is 0 Å². The van der Waals surface area contributed by atoms with Crippen LogP contribution in [0.15, 0.2) is 24.3 Å². The van der Waals surface area contributed by atoms with E-state index in [0.29, 0.717) is 5.56 Å². The van der Waals surface area contributed by atoms with Crippen LogP contribution in [-0.4, -0.2) is 16.2 Å². The maximum Gasteiger partial charge on any atom is 0.310 e. The van der Waals surface area contributed by atoms with Crippen molar-refractivity contribution >= 4 is 23.7 Å². The summed E-state index contributed by atoms with van der Waals surface area (Å²) >= 11 is 3.68. The van der Waals surface area contributed by atoms with E-state index in [1.807, 2.05) is 0 Å². The first kappa shape index (κ1) is 11.8. The van der Waals surface area contributed by atoms with E-state index in [4.69, 9.17) is 5.11 Å². The fourth-order valence-corrected chi connectivity index (χ4v) is 1.47. The number of hydrogen-bond acceptors (Lipinski definition) is 2. The van der Waals surface area contributed by atoms with E-state index < -0.39 is 11.9 Å². The molecular formula is C11H12O3S. The van der Waals surface area contributed by atoms with Gasteiger partial charge in [0.1, 0.15) is 0 Å². The molecule has 0 bridgehead atoms. The van der Waals surface area contributed by atoms with Gasteiger partial charge >= 0.3 is 5.97 Å². The highest BCUT2D eigenvalue weighted by Crippen LogP contribution is 2.17. The second-order valence-electron chi connectivity index (χ2n) is 3.38. The zero-order valence-electron chi connectivity index (χ0n) is 8.30. The Hall–Kier alpha value is -1.29. The van der Waals surface area contributed by atoms with Crippen molar-refractivity contribution in [3.63, 3.8) is 0 Å². The Morgan fingerprint density at radius 1 is 1.47 bits per heavy atom. The number of hydrogen-bond donors (Lipinski definition) is 2. The molecule has 0 saturated heterocycles. The number of aliphatic carboxylic acids is 1. The van der Waals surface area contributed by atoms with E-state index in [0.717, 1.165) is 5.56 Å². The molecule has 1 aromatic rings. The molecule has 0 radical (unpaired) electrons. The largest absolute Gasteiger partial charge is 0.481 e. The molecule has 1 unspecified atom stereocenters. The molecule has 4 heteroatoms. The third-order valence-electron chi connectivity index (χ3n) is 2.18. The van der Waals surface area contributed by atoms with Gasteiger partial charge in [-0.15, -0.1) is 12.6 Å². The molecule has 1 aromatic carbocycles. The van der Waals surface area contributed by atoms with Crippen LogP contribution in [-0.2, 0) is 16.0 Å². The van der Waals surface area contributed by atoms with Crippen molar-refractivity contribution in [3.8, 4) is 0 Å². The first-order valence-electron chi connectivity index (χ1n) is 4.54. The molecule has 80 valence electrons. The van der Waals surface area contributed by atoms with Crippen LogP contribution < -0.4 is 0 Å². The van der Waals surface area contributed by atoms with Gasteiger partial charge in [-0.2, -0.15) is 0 Å². The van der Waals surface area contributed by atoms with Gasteiger partial charge in [0.05, 0.1) is 5.92 Å². The Labute approximate surface area is 93.5 Å². The van der Waals surface area contributed by atoms with Crippen LogP contribution in [0.1, 0.15) is 24.0 Å². The molecule has 0 spiro atoms. The highest BCUT2D eigenvalue weighted by molar-refractivity contribution is 7.96. The van der Waals surface area contributed by atoms with Crippen molar-refractivity contribution < 1.29 is 14.7 Å². The maximum absolute atomic E-state index is 10.8. The van der Waals surface area contributed by atoms with Crippen molar-refractivity contribution in [1.29, 1.82) is 0 Å². The van der Waals surface area contributed by atoms with E-state index in [1.165, 1.54) is 0 Å². The molecule has 15 heavy (non-hydrogen) atoms. The average Bonchev–Trinajstić information content (AvgIpc) is 2.16. The lowest BCUT2D eigenvalue weighted by Gasteiger charge is -2.07. The van der Waals surface area contributed by atoms with Crippen molar-refractivity contribution in [1.82, 2.24) is 0 Å². The Kier molecular flexibility index (Phi) is 3.91. The van der Waals surface area contributed by atoms with Crippen molar-refractivity contribution in [2.75, 3.05) is 0 Å². The summed E-state index contributed by atoms with van der Waals surface area (Å²) < 4.78 is 0. The second-order valence-corrected chi connectivity index (χ2v) is 3.87. The van der Waals surface area contributed by atoms with Gasteiger partial charge in [0.15, 0.2) is 5.12 Å². The van der Waals surface area contributed by atoms with E-state index in [2.05, 4.69) is 12.6 Å². The van der Waals surface area contributed by atoms with Crippen LogP contribution in [0.2, 0.25) is 0 Å².